The summed E-state index contributed by atoms with van der Waals surface area (Å²) >= 11 is 3.02. The summed E-state index contributed by atoms with van der Waals surface area (Å²) in [4.78, 5) is 34.1. The van der Waals surface area contributed by atoms with Gasteiger partial charge in [-0.3, -0.25) is 4.79 Å². The van der Waals surface area contributed by atoms with Crippen LogP contribution in [0.1, 0.15) is 28.6 Å². The zero-order chi connectivity index (χ0) is 19.5. The van der Waals surface area contributed by atoms with Crippen molar-refractivity contribution >= 4 is 51.2 Å². The summed E-state index contributed by atoms with van der Waals surface area (Å²) in [6, 6.07) is 14.7. The van der Waals surface area contributed by atoms with Crippen LogP contribution in [0.5, 0.6) is 0 Å². The van der Waals surface area contributed by atoms with Crippen LogP contribution in [0.2, 0.25) is 0 Å². The van der Waals surface area contributed by atoms with Crippen LogP contribution in [0.15, 0.2) is 64.1 Å². The van der Waals surface area contributed by atoms with E-state index in [1.54, 1.807) is 36.5 Å². The molecule has 0 spiro atoms. The van der Waals surface area contributed by atoms with E-state index in [-0.39, 0.29) is 5.56 Å². The molecule has 0 saturated carbocycles. The molecule has 3 heterocycles. The Hall–Kier alpha value is -3.03. The number of nitrogens with one attached hydrogen (secondary N) is 1. The van der Waals surface area contributed by atoms with Crippen molar-refractivity contribution in [2.45, 2.75) is 13.0 Å². The van der Waals surface area contributed by atoms with Crippen molar-refractivity contribution in [2.24, 2.45) is 0 Å². The van der Waals surface area contributed by atoms with Crippen LogP contribution in [0.4, 0.5) is 0 Å². The average molecular weight is 409 g/mol. The number of hydrogen-bond donors (Lipinski definition) is 1. The zero-order valence-electron chi connectivity index (χ0n) is 14.9. The molecule has 3 aromatic heterocycles. The van der Waals surface area contributed by atoms with Crippen LogP contribution >= 0.6 is 22.7 Å². The second kappa shape index (κ2) is 7.92. The van der Waals surface area contributed by atoms with Crippen LogP contribution in [0, 0.1) is 0 Å². The van der Waals surface area contributed by atoms with Gasteiger partial charge in [0.05, 0.1) is 16.5 Å². The Morgan fingerprint density at radius 1 is 1.11 bits per heavy atom. The number of hydrogen-bond acceptors (Lipinski definition) is 6. The average Bonchev–Trinajstić information content (AvgIpc) is 3.40. The first-order chi connectivity index (χ1) is 13.6. The van der Waals surface area contributed by atoms with Crippen molar-refractivity contribution in [3.8, 4) is 0 Å². The minimum atomic E-state index is -0.698. The van der Waals surface area contributed by atoms with Crippen molar-refractivity contribution in [1.29, 1.82) is 0 Å². The van der Waals surface area contributed by atoms with E-state index < -0.39 is 12.1 Å². The Bertz CT molecular complexity index is 1190. The van der Waals surface area contributed by atoms with Gasteiger partial charge in [-0.25, -0.2) is 9.78 Å². The molecule has 1 aromatic carbocycles. The van der Waals surface area contributed by atoms with E-state index >= 15 is 0 Å². The molecule has 0 saturated heterocycles. The molecule has 1 atom stereocenters. The highest BCUT2D eigenvalue weighted by Crippen LogP contribution is 2.27. The quantitative estimate of drug-likeness (QED) is 0.377. The topological polar surface area (TPSA) is 72.0 Å². The predicted octanol–water partition coefficient (Wildman–Crippen LogP) is 4.89. The lowest BCUT2D eigenvalue weighted by molar-refractivity contribution is -0.141. The molecule has 0 amide bonds. The summed E-state index contributed by atoms with van der Waals surface area (Å²) in [6.45, 7) is 1.70. The first-order valence-corrected chi connectivity index (χ1v) is 10.4. The number of benzene rings is 1. The highest BCUT2D eigenvalue weighted by molar-refractivity contribution is 7.12. The van der Waals surface area contributed by atoms with E-state index in [1.807, 2.05) is 47.2 Å². The van der Waals surface area contributed by atoms with Gasteiger partial charge in [-0.1, -0.05) is 24.3 Å². The third-order valence-electron chi connectivity index (χ3n) is 4.14. The smallest absolute Gasteiger partial charge is 0.340 e. The Morgan fingerprint density at radius 2 is 1.89 bits per heavy atom. The Morgan fingerprint density at radius 3 is 2.64 bits per heavy atom. The van der Waals surface area contributed by atoms with Crippen molar-refractivity contribution in [1.82, 2.24) is 9.97 Å². The van der Waals surface area contributed by atoms with Gasteiger partial charge in [0, 0.05) is 9.75 Å². The molecule has 0 fully saturated rings. The normalized spacial score (nSPS) is 12.8. The number of carbonyl (C=O) groups excluding carboxylic acids is 1. The first-order valence-electron chi connectivity index (χ1n) is 8.61. The van der Waals surface area contributed by atoms with Gasteiger partial charge in [0.2, 0.25) is 0 Å². The first kappa shape index (κ1) is 18.3. The Balaban J connectivity index is 1.63. The molecule has 28 heavy (non-hydrogen) atoms. The number of nitrogens with zero attached hydrogens (tertiary/aromatic N) is 1. The lowest BCUT2D eigenvalue weighted by Gasteiger charge is -2.14. The summed E-state index contributed by atoms with van der Waals surface area (Å²) in [7, 11) is 0. The number of fused-ring (bicyclic) bond motifs is 1. The molecule has 0 aliphatic heterocycles. The number of H-pyrrole nitrogens is 1. The third-order valence-corrected chi connectivity index (χ3v) is 5.86. The largest absolute Gasteiger partial charge is 0.451 e. The van der Waals surface area contributed by atoms with E-state index in [2.05, 4.69) is 9.97 Å². The maximum atomic E-state index is 12.9. The fourth-order valence-corrected chi connectivity index (χ4v) is 4.14. The summed E-state index contributed by atoms with van der Waals surface area (Å²) < 4.78 is 5.65. The fourth-order valence-electron chi connectivity index (χ4n) is 2.76. The van der Waals surface area contributed by atoms with Gasteiger partial charge in [-0.2, -0.15) is 0 Å². The molecule has 5 nitrogen and oxygen atoms in total. The van der Waals surface area contributed by atoms with Crippen LogP contribution in [-0.4, -0.2) is 15.9 Å². The van der Waals surface area contributed by atoms with E-state index in [1.165, 1.54) is 11.3 Å². The number of carbonyl (C=O) groups is 1. The van der Waals surface area contributed by atoms with Crippen molar-refractivity contribution in [3.63, 3.8) is 0 Å². The molecule has 0 aliphatic rings. The van der Waals surface area contributed by atoms with Gasteiger partial charge in [0.1, 0.15) is 0 Å². The van der Waals surface area contributed by atoms with E-state index in [4.69, 9.17) is 4.74 Å². The number of rotatable bonds is 5. The molecule has 1 N–H and O–H groups in total. The zero-order valence-corrected chi connectivity index (χ0v) is 16.5. The summed E-state index contributed by atoms with van der Waals surface area (Å²) in [5.74, 6) is -0.141. The molecule has 0 unspecified atom stereocenters. The molecule has 4 aromatic rings. The van der Waals surface area contributed by atoms with Gasteiger partial charge in [-0.15, -0.1) is 22.7 Å². The number of aromatic nitrogens is 2. The molecular weight excluding hydrogens is 392 g/mol. The van der Waals surface area contributed by atoms with E-state index in [9.17, 15) is 9.59 Å². The van der Waals surface area contributed by atoms with Crippen molar-refractivity contribution < 1.29 is 9.53 Å². The minimum absolute atomic E-state index is 0.254. The predicted molar refractivity (Wildman–Crippen MR) is 113 cm³/mol. The van der Waals surface area contributed by atoms with Gasteiger partial charge in [0.15, 0.2) is 11.9 Å². The van der Waals surface area contributed by atoms with Crippen molar-refractivity contribution in [3.05, 3.63) is 85.2 Å². The second-order valence-corrected chi connectivity index (χ2v) is 7.99. The standard InChI is InChI=1S/C21H16N2O3S2/c1-13(19-22-17-8-3-2-7-15(17)20(24)23-19)26-21(25)16(18-9-5-11-28-18)12-14-6-4-10-27-14/h2-13H,1H3,(H,22,23,24)/b16-12+/t13-/m1/s1. The summed E-state index contributed by atoms with van der Waals surface area (Å²) in [5.41, 5.74) is 0.792. The second-order valence-electron chi connectivity index (χ2n) is 6.07. The van der Waals surface area contributed by atoms with Gasteiger partial charge >= 0.3 is 5.97 Å². The monoisotopic (exact) mass is 408 g/mol. The van der Waals surface area contributed by atoms with Gasteiger partial charge in [-0.05, 0) is 48.0 Å². The highest BCUT2D eigenvalue weighted by atomic mass is 32.1. The van der Waals surface area contributed by atoms with Crippen LogP contribution in [0.3, 0.4) is 0 Å². The van der Waals surface area contributed by atoms with Crippen molar-refractivity contribution in [2.75, 3.05) is 0 Å². The van der Waals surface area contributed by atoms with Crippen LogP contribution < -0.4 is 5.56 Å². The maximum Gasteiger partial charge on any atom is 0.340 e. The van der Waals surface area contributed by atoms with Gasteiger partial charge in [0.25, 0.3) is 5.56 Å². The number of thiophene rings is 2. The maximum absolute atomic E-state index is 12.9. The number of para-hydroxylation sites is 1. The molecule has 0 bridgehead atoms. The van der Waals surface area contributed by atoms with Gasteiger partial charge < -0.3 is 9.72 Å². The SMILES string of the molecule is C[C@@H](OC(=O)/C(=C/c1cccs1)c1cccs1)c1nc2ccccc2c(=O)[nH]1. The third kappa shape index (κ3) is 3.81. The number of esters is 1. The molecule has 0 aliphatic carbocycles. The lowest BCUT2D eigenvalue weighted by atomic mass is 10.2. The minimum Gasteiger partial charge on any atom is -0.451 e. The lowest BCUT2D eigenvalue weighted by Crippen LogP contribution is -2.17. The molecule has 0 radical (unpaired) electrons. The Labute approximate surface area is 169 Å². The van der Waals surface area contributed by atoms with Crippen LogP contribution in [-0.2, 0) is 9.53 Å². The molecule has 140 valence electrons. The summed E-state index contributed by atoms with van der Waals surface area (Å²) in [6.07, 6.45) is 1.12. The van der Waals surface area contributed by atoms with Crippen LogP contribution in [0.25, 0.3) is 22.6 Å². The number of ether oxygens (including phenoxy) is 1. The number of aromatic amines is 1. The summed E-state index contributed by atoms with van der Waals surface area (Å²) in [5, 5.41) is 4.37. The van der Waals surface area contributed by atoms with E-state index in [0.717, 1.165) is 9.75 Å². The Kier molecular flexibility index (Phi) is 5.18. The highest BCUT2D eigenvalue weighted by Gasteiger charge is 2.20. The molecule has 4 rings (SSSR count). The van der Waals surface area contributed by atoms with E-state index in [0.29, 0.717) is 22.3 Å². The molecular formula is C21H16N2O3S2. The molecule has 7 heteroatoms. The fraction of sp³-hybridized carbons (Fsp3) is 0.0952.